The van der Waals surface area contributed by atoms with Crippen molar-refractivity contribution in [3.63, 3.8) is 0 Å². The van der Waals surface area contributed by atoms with Crippen molar-refractivity contribution in [2.75, 3.05) is 12.8 Å². The Balaban J connectivity index is 2.26. The smallest absolute Gasteiger partial charge is 0.128 e. The second kappa shape index (κ2) is 6.56. The minimum absolute atomic E-state index is 0.173. The molecule has 0 amide bonds. The number of nitrogens with one attached hydrogen (secondary N) is 1. The molecule has 1 heterocycles. The van der Waals surface area contributed by atoms with Gasteiger partial charge in [-0.3, -0.25) is 11.3 Å². The number of nitrogen functional groups attached to an aromatic ring is 1. The van der Waals surface area contributed by atoms with Gasteiger partial charge in [0.2, 0.25) is 0 Å². The second-order valence-corrected chi connectivity index (χ2v) is 4.84. The van der Waals surface area contributed by atoms with Crippen LogP contribution in [0.2, 0.25) is 5.02 Å². The first-order valence-corrected chi connectivity index (χ1v) is 6.52. The molecule has 0 saturated carbocycles. The third-order valence-corrected chi connectivity index (χ3v) is 3.27. The SMILES string of the molecule is COc1cccc(CC(NN)c2cc(Cl)cnc2N)c1. The highest BCUT2D eigenvalue weighted by molar-refractivity contribution is 6.30. The molecule has 1 atom stereocenters. The molecule has 106 valence electrons. The van der Waals surface area contributed by atoms with E-state index in [9.17, 15) is 0 Å². The van der Waals surface area contributed by atoms with Gasteiger partial charge in [-0.05, 0) is 30.2 Å². The minimum Gasteiger partial charge on any atom is -0.497 e. The van der Waals surface area contributed by atoms with Crippen LogP contribution in [0, 0.1) is 0 Å². The van der Waals surface area contributed by atoms with Crippen LogP contribution in [-0.4, -0.2) is 12.1 Å². The van der Waals surface area contributed by atoms with E-state index in [1.807, 2.05) is 24.3 Å². The van der Waals surface area contributed by atoms with Crippen LogP contribution in [0.25, 0.3) is 0 Å². The number of benzene rings is 1. The van der Waals surface area contributed by atoms with Gasteiger partial charge in [-0.15, -0.1) is 0 Å². The average Bonchev–Trinajstić information content (AvgIpc) is 2.47. The summed E-state index contributed by atoms with van der Waals surface area (Å²) in [5.74, 6) is 6.85. The van der Waals surface area contributed by atoms with Crippen molar-refractivity contribution in [2.24, 2.45) is 5.84 Å². The van der Waals surface area contributed by atoms with Crippen LogP contribution >= 0.6 is 11.6 Å². The van der Waals surface area contributed by atoms with E-state index in [4.69, 9.17) is 27.9 Å². The van der Waals surface area contributed by atoms with E-state index in [2.05, 4.69) is 10.4 Å². The number of halogens is 1. The number of nitrogens with two attached hydrogens (primary N) is 2. The number of nitrogens with zero attached hydrogens (tertiary/aromatic N) is 1. The first-order chi connectivity index (χ1) is 9.63. The highest BCUT2D eigenvalue weighted by atomic mass is 35.5. The Morgan fingerprint density at radius 2 is 2.20 bits per heavy atom. The molecule has 1 aromatic carbocycles. The fraction of sp³-hybridized carbons (Fsp3) is 0.214. The number of anilines is 1. The van der Waals surface area contributed by atoms with Gasteiger partial charge in [-0.1, -0.05) is 23.7 Å². The molecule has 0 aliphatic rings. The van der Waals surface area contributed by atoms with E-state index in [-0.39, 0.29) is 6.04 Å². The van der Waals surface area contributed by atoms with Crippen LogP contribution in [0.1, 0.15) is 17.2 Å². The van der Waals surface area contributed by atoms with Gasteiger partial charge in [0.05, 0.1) is 18.2 Å². The maximum absolute atomic E-state index is 5.96. The summed E-state index contributed by atoms with van der Waals surface area (Å²) in [5, 5.41) is 0.528. The second-order valence-electron chi connectivity index (χ2n) is 4.40. The van der Waals surface area contributed by atoms with E-state index in [1.54, 1.807) is 13.2 Å². The van der Waals surface area contributed by atoms with Gasteiger partial charge >= 0.3 is 0 Å². The third kappa shape index (κ3) is 3.39. The molecular formula is C14H17ClN4O. The Morgan fingerprint density at radius 1 is 1.40 bits per heavy atom. The molecule has 2 rings (SSSR count). The maximum atomic E-state index is 5.96. The Morgan fingerprint density at radius 3 is 2.90 bits per heavy atom. The lowest BCUT2D eigenvalue weighted by molar-refractivity contribution is 0.414. The van der Waals surface area contributed by atoms with Crippen molar-refractivity contribution in [3.05, 3.63) is 52.7 Å². The molecule has 0 radical (unpaired) electrons. The van der Waals surface area contributed by atoms with E-state index in [0.717, 1.165) is 16.9 Å². The van der Waals surface area contributed by atoms with Crippen molar-refractivity contribution in [3.8, 4) is 5.75 Å². The molecule has 2 aromatic rings. The number of rotatable bonds is 5. The zero-order valence-corrected chi connectivity index (χ0v) is 11.9. The van der Waals surface area contributed by atoms with Crippen LogP contribution in [0.5, 0.6) is 5.75 Å². The van der Waals surface area contributed by atoms with E-state index >= 15 is 0 Å². The predicted molar refractivity (Wildman–Crippen MR) is 80.4 cm³/mol. The van der Waals surface area contributed by atoms with Crippen LogP contribution in [0.4, 0.5) is 5.82 Å². The Kier molecular flexibility index (Phi) is 4.79. The fourth-order valence-electron chi connectivity index (χ4n) is 2.04. The monoisotopic (exact) mass is 292 g/mol. The van der Waals surface area contributed by atoms with E-state index < -0.39 is 0 Å². The number of methoxy groups -OCH3 is 1. The molecule has 1 aromatic heterocycles. The van der Waals surface area contributed by atoms with E-state index in [0.29, 0.717) is 17.3 Å². The van der Waals surface area contributed by atoms with Gasteiger partial charge in [0.1, 0.15) is 11.6 Å². The topological polar surface area (TPSA) is 86.2 Å². The lowest BCUT2D eigenvalue weighted by Crippen LogP contribution is -2.30. The molecule has 5 nitrogen and oxygen atoms in total. The summed E-state index contributed by atoms with van der Waals surface area (Å²) >= 11 is 5.96. The minimum atomic E-state index is -0.173. The van der Waals surface area contributed by atoms with Crippen molar-refractivity contribution in [1.82, 2.24) is 10.4 Å². The number of hydrazine groups is 1. The summed E-state index contributed by atoms with van der Waals surface area (Å²) in [4.78, 5) is 4.05. The number of ether oxygens (including phenoxy) is 1. The molecular weight excluding hydrogens is 276 g/mol. The summed E-state index contributed by atoms with van der Waals surface area (Å²) in [7, 11) is 1.64. The first-order valence-electron chi connectivity index (χ1n) is 6.14. The lowest BCUT2D eigenvalue weighted by atomic mass is 10.00. The Labute approximate surface area is 122 Å². The molecule has 0 spiro atoms. The van der Waals surface area contributed by atoms with Crippen LogP contribution in [0.3, 0.4) is 0 Å². The molecule has 0 bridgehead atoms. The summed E-state index contributed by atoms with van der Waals surface area (Å²) in [6, 6.07) is 9.38. The van der Waals surface area contributed by atoms with Gasteiger partial charge in [0.15, 0.2) is 0 Å². The van der Waals surface area contributed by atoms with Gasteiger partial charge in [-0.2, -0.15) is 0 Å². The van der Waals surface area contributed by atoms with Crippen molar-refractivity contribution in [1.29, 1.82) is 0 Å². The largest absolute Gasteiger partial charge is 0.497 e. The molecule has 0 fully saturated rings. The molecule has 20 heavy (non-hydrogen) atoms. The quantitative estimate of drug-likeness (QED) is 0.580. The Hall–Kier alpha value is -1.82. The van der Waals surface area contributed by atoms with Crippen molar-refractivity contribution >= 4 is 17.4 Å². The van der Waals surface area contributed by atoms with E-state index in [1.165, 1.54) is 6.20 Å². The van der Waals surface area contributed by atoms with Gasteiger partial charge in [-0.25, -0.2) is 4.98 Å². The number of hydrogen-bond donors (Lipinski definition) is 3. The van der Waals surface area contributed by atoms with Crippen molar-refractivity contribution in [2.45, 2.75) is 12.5 Å². The first kappa shape index (κ1) is 14.6. The highest BCUT2D eigenvalue weighted by Gasteiger charge is 2.15. The Bertz CT molecular complexity index is 591. The van der Waals surface area contributed by atoms with Crippen LogP contribution < -0.4 is 21.7 Å². The van der Waals surface area contributed by atoms with Crippen LogP contribution in [0.15, 0.2) is 36.5 Å². The molecule has 6 heteroatoms. The van der Waals surface area contributed by atoms with Crippen molar-refractivity contribution < 1.29 is 4.74 Å². The lowest BCUT2D eigenvalue weighted by Gasteiger charge is -2.18. The summed E-state index contributed by atoms with van der Waals surface area (Å²) in [5.41, 5.74) is 10.5. The zero-order chi connectivity index (χ0) is 14.5. The molecule has 1 unspecified atom stereocenters. The summed E-state index contributed by atoms with van der Waals surface area (Å²) in [6.07, 6.45) is 2.17. The standard InChI is InChI=1S/C14H17ClN4O/c1-20-11-4-2-3-9(5-11)6-13(19-17)12-7-10(15)8-18-14(12)16/h2-5,7-8,13,19H,6,17H2,1H3,(H2,16,18). The van der Waals surface area contributed by atoms with Crippen LogP contribution in [-0.2, 0) is 6.42 Å². The predicted octanol–water partition coefficient (Wildman–Crippen LogP) is 2.07. The fourth-order valence-corrected chi connectivity index (χ4v) is 2.20. The van der Waals surface area contributed by atoms with Gasteiger partial charge in [0, 0.05) is 11.8 Å². The average molecular weight is 293 g/mol. The van der Waals surface area contributed by atoms with Gasteiger partial charge < -0.3 is 10.5 Å². The zero-order valence-electron chi connectivity index (χ0n) is 11.1. The maximum Gasteiger partial charge on any atom is 0.128 e. The number of pyridine rings is 1. The highest BCUT2D eigenvalue weighted by Crippen LogP contribution is 2.25. The normalized spacial score (nSPS) is 12.2. The molecule has 0 saturated heterocycles. The molecule has 5 N–H and O–H groups in total. The number of aromatic nitrogens is 1. The molecule has 0 aliphatic carbocycles. The summed E-state index contributed by atoms with van der Waals surface area (Å²) < 4.78 is 5.21. The summed E-state index contributed by atoms with van der Waals surface area (Å²) in [6.45, 7) is 0. The molecule has 0 aliphatic heterocycles. The number of hydrogen-bond acceptors (Lipinski definition) is 5. The van der Waals surface area contributed by atoms with Gasteiger partial charge in [0.25, 0.3) is 0 Å². The third-order valence-electron chi connectivity index (χ3n) is 3.07.